The highest BCUT2D eigenvalue weighted by molar-refractivity contribution is 5.95. The SMILES string of the molecule is COc1cc(COC(=O)c2ccc(C(N)=O)cc2)ccc1OC(F)F. The van der Waals surface area contributed by atoms with Crippen LogP contribution in [0.2, 0.25) is 0 Å². The third-order valence-electron chi connectivity index (χ3n) is 3.22. The maximum atomic E-state index is 12.3. The quantitative estimate of drug-likeness (QED) is 0.775. The van der Waals surface area contributed by atoms with Gasteiger partial charge in [0.25, 0.3) is 0 Å². The van der Waals surface area contributed by atoms with Gasteiger partial charge in [-0.25, -0.2) is 4.79 Å². The first-order chi connectivity index (χ1) is 11.9. The van der Waals surface area contributed by atoms with Crippen LogP contribution in [0.15, 0.2) is 42.5 Å². The van der Waals surface area contributed by atoms with Crippen molar-refractivity contribution >= 4 is 11.9 Å². The number of primary amides is 1. The van der Waals surface area contributed by atoms with Gasteiger partial charge < -0.3 is 19.9 Å². The molecule has 2 rings (SSSR count). The minimum atomic E-state index is -2.97. The maximum Gasteiger partial charge on any atom is 0.387 e. The predicted octanol–water partition coefficient (Wildman–Crippen LogP) is 2.75. The standard InChI is InChI=1S/C17H15F2NO5/c1-23-14-8-10(2-7-13(14)25-17(18)19)9-24-16(22)12-5-3-11(4-6-12)15(20)21/h2-8,17H,9H2,1H3,(H2,20,21). The third-order valence-corrected chi connectivity index (χ3v) is 3.22. The molecule has 0 unspecified atom stereocenters. The van der Waals surface area contributed by atoms with Gasteiger partial charge in [0.05, 0.1) is 12.7 Å². The summed E-state index contributed by atoms with van der Waals surface area (Å²) in [6, 6.07) is 9.88. The van der Waals surface area contributed by atoms with Gasteiger partial charge >= 0.3 is 12.6 Å². The van der Waals surface area contributed by atoms with Gasteiger partial charge in [0.15, 0.2) is 11.5 Å². The number of carbonyl (C=O) groups is 2. The number of carbonyl (C=O) groups excluding carboxylic acids is 2. The number of alkyl halides is 2. The molecule has 0 aliphatic carbocycles. The van der Waals surface area contributed by atoms with E-state index in [2.05, 4.69) is 4.74 Å². The van der Waals surface area contributed by atoms with Gasteiger partial charge in [0.1, 0.15) is 6.61 Å². The van der Waals surface area contributed by atoms with E-state index in [4.69, 9.17) is 15.2 Å². The second kappa shape index (κ2) is 8.09. The van der Waals surface area contributed by atoms with Gasteiger partial charge in [-0.3, -0.25) is 4.79 Å². The number of amides is 1. The molecule has 6 nitrogen and oxygen atoms in total. The molecule has 25 heavy (non-hydrogen) atoms. The number of hydrogen-bond acceptors (Lipinski definition) is 5. The molecule has 0 aliphatic heterocycles. The molecule has 0 aliphatic rings. The smallest absolute Gasteiger partial charge is 0.387 e. The van der Waals surface area contributed by atoms with Crippen LogP contribution in [0.5, 0.6) is 11.5 Å². The molecule has 2 N–H and O–H groups in total. The number of rotatable bonds is 7. The number of benzene rings is 2. The summed E-state index contributed by atoms with van der Waals surface area (Å²) in [6.45, 7) is -3.07. The third kappa shape index (κ3) is 4.90. The van der Waals surface area contributed by atoms with E-state index in [-0.39, 0.29) is 29.2 Å². The van der Waals surface area contributed by atoms with E-state index in [1.165, 1.54) is 49.6 Å². The Balaban J connectivity index is 2.02. The number of nitrogens with two attached hydrogens (primary N) is 1. The van der Waals surface area contributed by atoms with Gasteiger partial charge in [-0.15, -0.1) is 0 Å². The Morgan fingerprint density at radius 1 is 1.04 bits per heavy atom. The average Bonchev–Trinajstić information content (AvgIpc) is 2.60. The lowest BCUT2D eigenvalue weighted by Crippen LogP contribution is -2.11. The Bertz CT molecular complexity index is 762. The van der Waals surface area contributed by atoms with Crippen molar-refractivity contribution in [1.29, 1.82) is 0 Å². The zero-order valence-electron chi connectivity index (χ0n) is 13.2. The monoisotopic (exact) mass is 351 g/mol. The first-order valence-electron chi connectivity index (χ1n) is 7.09. The van der Waals surface area contributed by atoms with Crippen LogP contribution in [0.3, 0.4) is 0 Å². The molecule has 8 heteroatoms. The van der Waals surface area contributed by atoms with Crippen LogP contribution in [-0.4, -0.2) is 25.6 Å². The van der Waals surface area contributed by atoms with Crippen molar-refractivity contribution in [3.8, 4) is 11.5 Å². The summed E-state index contributed by atoms with van der Waals surface area (Å²) in [7, 11) is 1.31. The summed E-state index contributed by atoms with van der Waals surface area (Å²) in [4.78, 5) is 23.0. The van der Waals surface area contributed by atoms with E-state index in [1.807, 2.05) is 0 Å². The summed E-state index contributed by atoms with van der Waals surface area (Å²) in [5.41, 5.74) is 6.17. The molecule has 0 radical (unpaired) electrons. The highest BCUT2D eigenvalue weighted by Crippen LogP contribution is 2.29. The van der Waals surface area contributed by atoms with Crippen molar-refractivity contribution in [2.24, 2.45) is 5.73 Å². The summed E-state index contributed by atoms with van der Waals surface area (Å²) < 4.78 is 39.0. The fourth-order valence-corrected chi connectivity index (χ4v) is 2.00. The van der Waals surface area contributed by atoms with Gasteiger partial charge in [0.2, 0.25) is 5.91 Å². The fourth-order valence-electron chi connectivity index (χ4n) is 2.00. The lowest BCUT2D eigenvalue weighted by atomic mass is 10.1. The predicted molar refractivity (Wildman–Crippen MR) is 83.7 cm³/mol. The number of ether oxygens (including phenoxy) is 3. The molecule has 0 saturated heterocycles. The number of hydrogen-bond donors (Lipinski definition) is 1. The molecule has 2 aromatic carbocycles. The second-order valence-corrected chi connectivity index (χ2v) is 4.88. The molecule has 132 valence electrons. The van der Waals surface area contributed by atoms with Gasteiger partial charge in [-0.2, -0.15) is 8.78 Å². The topological polar surface area (TPSA) is 87.9 Å². The van der Waals surface area contributed by atoms with Gasteiger partial charge in [-0.1, -0.05) is 6.07 Å². The number of halogens is 2. The zero-order valence-corrected chi connectivity index (χ0v) is 13.2. The molecular formula is C17H15F2NO5. The first-order valence-corrected chi connectivity index (χ1v) is 7.09. The number of esters is 1. The van der Waals surface area contributed by atoms with Gasteiger partial charge in [0, 0.05) is 5.56 Å². The summed E-state index contributed by atoms with van der Waals surface area (Å²) in [5, 5.41) is 0. The highest BCUT2D eigenvalue weighted by Gasteiger charge is 2.13. The Labute approximate surface area is 142 Å². The van der Waals surface area contributed by atoms with Crippen LogP contribution in [0.25, 0.3) is 0 Å². The van der Waals surface area contributed by atoms with Crippen molar-refractivity contribution in [3.63, 3.8) is 0 Å². The molecule has 0 heterocycles. The summed E-state index contributed by atoms with van der Waals surface area (Å²) in [5.74, 6) is -1.23. The summed E-state index contributed by atoms with van der Waals surface area (Å²) >= 11 is 0. The summed E-state index contributed by atoms with van der Waals surface area (Å²) in [6.07, 6.45) is 0. The van der Waals surface area contributed by atoms with Crippen LogP contribution in [0.4, 0.5) is 8.78 Å². The van der Waals surface area contributed by atoms with Crippen molar-refractivity contribution in [2.75, 3.05) is 7.11 Å². The minimum Gasteiger partial charge on any atom is -0.493 e. The van der Waals surface area contributed by atoms with Crippen LogP contribution >= 0.6 is 0 Å². The molecule has 0 atom stereocenters. The molecule has 0 fully saturated rings. The lowest BCUT2D eigenvalue weighted by molar-refractivity contribution is -0.0512. The second-order valence-electron chi connectivity index (χ2n) is 4.88. The van der Waals surface area contributed by atoms with Crippen molar-refractivity contribution in [1.82, 2.24) is 0 Å². The minimum absolute atomic E-state index is 0.0955. The molecule has 0 aromatic heterocycles. The lowest BCUT2D eigenvalue weighted by Gasteiger charge is -2.11. The Kier molecular flexibility index (Phi) is 5.89. The Morgan fingerprint density at radius 2 is 1.68 bits per heavy atom. The van der Waals surface area contributed by atoms with Crippen molar-refractivity contribution in [2.45, 2.75) is 13.2 Å². The fraction of sp³-hybridized carbons (Fsp3) is 0.176. The molecule has 1 amide bonds. The molecule has 0 bridgehead atoms. The van der Waals surface area contributed by atoms with Crippen LogP contribution in [0.1, 0.15) is 26.3 Å². The van der Waals surface area contributed by atoms with Crippen LogP contribution in [-0.2, 0) is 11.3 Å². The van der Waals surface area contributed by atoms with E-state index in [0.717, 1.165) is 0 Å². The molecule has 0 spiro atoms. The number of methoxy groups -OCH3 is 1. The van der Waals surface area contributed by atoms with Crippen molar-refractivity contribution < 1.29 is 32.6 Å². The van der Waals surface area contributed by atoms with E-state index in [0.29, 0.717) is 5.56 Å². The van der Waals surface area contributed by atoms with E-state index in [1.54, 1.807) is 0 Å². The van der Waals surface area contributed by atoms with Crippen LogP contribution < -0.4 is 15.2 Å². The normalized spacial score (nSPS) is 10.4. The van der Waals surface area contributed by atoms with Crippen molar-refractivity contribution in [3.05, 3.63) is 59.2 Å². The van der Waals surface area contributed by atoms with Gasteiger partial charge in [-0.05, 0) is 42.0 Å². The Hall–Kier alpha value is -3.16. The maximum absolute atomic E-state index is 12.3. The Morgan fingerprint density at radius 3 is 2.24 bits per heavy atom. The molecule has 2 aromatic rings. The molecule has 0 saturated carbocycles. The highest BCUT2D eigenvalue weighted by atomic mass is 19.3. The van der Waals surface area contributed by atoms with E-state index < -0.39 is 18.5 Å². The largest absolute Gasteiger partial charge is 0.493 e. The molecular weight excluding hydrogens is 336 g/mol. The van der Waals surface area contributed by atoms with E-state index in [9.17, 15) is 18.4 Å². The first kappa shape index (κ1) is 18.2. The van der Waals surface area contributed by atoms with E-state index >= 15 is 0 Å². The average molecular weight is 351 g/mol. The zero-order chi connectivity index (χ0) is 18.4. The van der Waals surface area contributed by atoms with Crippen LogP contribution in [0, 0.1) is 0 Å².